The van der Waals surface area contributed by atoms with Crippen molar-refractivity contribution in [2.45, 2.75) is 6.10 Å². The van der Waals surface area contributed by atoms with Crippen molar-refractivity contribution in [1.82, 2.24) is 0 Å². The Balaban J connectivity index is 2.62. The first-order valence-electron chi connectivity index (χ1n) is 4.46. The number of hydrogen-bond donors (Lipinski definition) is 3. The van der Waals surface area contributed by atoms with E-state index in [0.29, 0.717) is 5.75 Å². The lowest BCUT2D eigenvalue weighted by Gasteiger charge is -2.11. The number of aliphatic hydroxyl groups excluding tert-OH is 2. The number of phenols is 1. The fourth-order valence-electron chi connectivity index (χ4n) is 0.985. The second-order valence-corrected chi connectivity index (χ2v) is 2.98. The first-order valence-corrected chi connectivity index (χ1v) is 4.46. The average Bonchev–Trinajstić information content (AvgIpc) is 2.26. The Hall–Kier alpha value is -1.46. The van der Waals surface area contributed by atoms with Crippen molar-refractivity contribution < 1.29 is 24.8 Å². The molecule has 0 aromatic heterocycles. The van der Waals surface area contributed by atoms with E-state index in [0.717, 1.165) is 0 Å². The molecule has 0 radical (unpaired) electrons. The minimum absolute atomic E-state index is 0.0699. The van der Waals surface area contributed by atoms with Gasteiger partial charge in [0.25, 0.3) is 0 Å². The molecule has 5 nitrogen and oxygen atoms in total. The third kappa shape index (κ3) is 3.30. The van der Waals surface area contributed by atoms with E-state index in [-0.39, 0.29) is 24.7 Å². The lowest BCUT2D eigenvalue weighted by Crippen LogP contribution is -2.21. The molecule has 1 atom stereocenters. The molecule has 1 unspecified atom stereocenters. The molecule has 0 aliphatic carbocycles. The summed E-state index contributed by atoms with van der Waals surface area (Å²) >= 11 is 0. The molecular weight excluding hydrogens is 200 g/mol. The molecule has 5 heteroatoms. The van der Waals surface area contributed by atoms with Crippen LogP contribution in [0.25, 0.3) is 0 Å². The highest BCUT2D eigenvalue weighted by atomic mass is 16.5. The number of hydrogen-bond acceptors (Lipinski definition) is 5. The molecule has 15 heavy (non-hydrogen) atoms. The van der Waals surface area contributed by atoms with E-state index in [1.807, 2.05) is 0 Å². The summed E-state index contributed by atoms with van der Waals surface area (Å²) in [6, 6.07) is 4.55. The second-order valence-electron chi connectivity index (χ2n) is 2.98. The van der Waals surface area contributed by atoms with Gasteiger partial charge in [-0.2, -0.15) is 0 Å². The molecule has 0 saturated heterocycles. The fraction of sp³-hybridized carbons (Fsp3) is 0.400. The minimum atomic E-state index is -0.952. The van der Waals surface area contributed by atoms with Gasteiger partial charge in [-0.05, 0) is 12.1 Å². The molecule has 1 aromatic carbocycles. The van der Waals surface area contributed by atoms with Crippen molar-refractivity contribution in [2.75, 3.05) is 20.3 Å². The molecule has 0 fully saturated rings. The van der Waals surface area contributed by atoms with Crippen LogP contribution in [-0.2, 0) is 0 Å². The monoisotopic (exact) mass is 214 g/mol. The van der Waals surface area contributed by atoms with Gasteiger partial charge in [-0.25, -0.2) is 0 Å². The van der Waals surface area contributed by atoms with Crippen molar-refractivity contribution in [3.63, 3.8) is 0 Å². The summed E-state index contributed by atoms with van der Waals surface area (Å²) in [6.07, 6.45) is -0.952. The smallest absolute Gasteiger partial charge is 0.161 e. The predicted octanol–water partition coefficient (Wildman–Crippen LogP) is 0.133. The normalized spacial score (nSPS) is 12.2. The summed E-state index contributed by atoms with van der Waals surface area (Å²) in [6.45, 7) is -0.451. The van der Waals surface area contributed by atoms with E-state index in [4.69, 9.17) is 19.7 Å². The van der Waals surface area contributed by atoms with Crippen LogP contribution < -0.4 is 9.47 Å². The SMILES string of the molecule is COc1ccc(OCC(O)CO)c(O)c1. The van der Waals surface area contributed by atoms with Crippen LogP contribution in [0.4, 0.5) is 0 Å². The second kappa shape index (κ2) is 5.43. The van der Waals surface area contributed by atoms with E-state index >= 15 is 0 Å². The summed E-state index contributed by atoms with van der Waals surface area (Å²) in [4.78, 5) is 0. The molecule has 1 aromatic rings. The van der Waals surface area contributed by atoms with Crippen molar-refractivity contribution in [3.8, 4) is 17.2 Å². The Morgan fingerprint density at radius 3 is 2.67 bits per heavy atom. The third-order valence-electron chi connectivity index (χ3n) is 1.81. The van der Waals surface area contributed by atoms with Gasteiger partial charge < -0.3 is 24.8 Å². The number of aromatic hydroxyl groups is 1. The zero-order valence-electron chi connectivity index (χ0n) is 8.38. The van der Waals surface area contributed by atoms with Crippen LogP contribution >= 0.6 is 0 Å². The molecule has 1 rings (SSSR count). The van der Waals surface area contributed by atoms with E-state index in [1.54, 1.807) is 6.07 Å². The molecular formula is C10H14O5. The molecule has 84 valence electrons. The van der Waals surface area contributed by atoms with E-state index in [1.165, 1.54) is 19.2 Å². The highest BCUT2D eigenvalue weighted by Gasteiger charge is 2.07. The Morgan fingerprint density at radius 2 is 2.13 bits per heavy atom. The van der Waals surface area contributed by atoms with Gasteiger partial charge in [-0.15, -0.1) is 0 Å². The van der Waals surface area contributed by atoms with Crippen molar-refractivity contribution >= 4 is 0 Å². The lowest BCUT2D eigenvalue weighted by molar-refractivity contribution is 0.0527. The Labute approximate surface area is 87.5 Å². The first-order chi connectivity index (χ1) is 7.17. The zero-order valence-corrected chi connectivity index (χ0v) is 8.38. The van der Waals surface area contributed by atoms with Crippen LogP contribution in [0.15, 0.2) is 18.2 Å². The Morgan fingerprint density at radius 1 is 1.40 bits per heavy atom. The summed E-state index contributed by atoms with van der Waals surface area (Å²) in [5, 5.41) is 27.0. The molecule has 0 amide bonds. The largest absolute Gasteiger partial charge is 0.504 e. The quantitative estimate of drug-likeness (QED) is 0.649. The van der Waals surface area contributed by atoms with E-state index < -0.39 is 6.10 Å². The standard InChI is InChI=1S/C10H14O5/c1-14-8-2-3-10(9(13)4-8)15-6-7(12)5-11/h2-4,7,11-13H,5-6H2,1H3. The average molecular weight is 214 g/mol. The molecule has 0 aliphatic rings. The number of aliphatic hydroxyl groups is 2. The van der Waals surface area contributed by atoms with E-state index in [9.17, 15) is 5.11 Å². The molecule has 0 heterocycles. The summed E-state index contributed by atoms with van der Waals surface area (Å²) in [5.74, 6) is 0.686. The van der Waals surface area contributed by atoms with Crippen molar-refractivity contribution in [1.29, 1.82) is 0 Å². The predicted molar refractivity (Wildman–Crippen MR) is 53.2 cm³/mol. The highest BCUT2D eigenvalue weighted by molar-refractivity contribution is 5.44. The van der Waals surface area contributed by atoms with Crippen LogP contribution in [0.3, 0.4) is 0 Å². The number of rotatable bonds is 5. The third-order valence-corrected chi connectivity index (χ3v) is 1.81. The van der Waals surface area contributed by atoms with Crippen molar-refractivity contribution in [2.24, 2.45) is 0 Å². The molecule has 0 saturated carbocycles. The number of ether oxygens (including phenoxy) is 2. The lowest BCUT2D eigenvalue weighted by atomic mass is 10.3. The summed E-state index contributed by atoms with van der Waals surface area (Å²) < 4.78 is 9.97. The maximum atomic E-state index is 9.46. The van der Waals surface area contributed by atoms with Gasteiger partial charge in [0, 0.05) is 6.07 Å². The van der Waals surface area contributed by atoms with Gasteiger partial charge in [-0.1, -0.05) is 0 Å². The molecule has 3 N–H and O–H groups in total. The fourth-order valence-corrected chi connectivity index (χ4v) is 0.985. The number of phenolic OH excluding ortho intramolecular Hbond substituents is 1. The first kappa shape index (κ1) is 11.6. The number of methoxy groups -OCH3 is 1. The van der Waals surface area contributed by atoms with Gasteiger partial charge in [0.15, 0.2) is 11.5 Å². The van der Waals surface area contributed by atoms with Gasteiger partial charge in [-0.3, -0.25) is 0 Å². The molecule has 0 bridgehead atoms. The molecule has 0 spiro atoms. The minimum Gasteiger partial charge on any atom is -0.504 e. The maximum Gasteiger partial charge on any atom is 0.161 e. The summed E-state index contributed by atoms with van der Waals surface area (Å²) in [5.41, 5.74) is 0. The Bertz CT molecular complexity index is 313. The topological polar surface area (TPSA) is 79.2 Å². The van der Waals surface area contributed by atoms with E-state index in [2.05, 4.69) is 0 Å². The number of benzene rings is 1. The van der Waals surface area contributed by atoms with Gasteiger partial charge in [0.1, 0.15) is 18.5 Å². The van der Waals surface area contributed by atoms with Gasteiger partial charge in [0.05, 0.1) is 13.7 Å². The van der Waals surface area contributed by atoms with Crippen LogP contribution in [0.2, 0.25) is 0 Å². The van der Waals surface area contributed by atoms with Crippen LogP contribution in [0.1, 0.15) is 0 Å². The van der Waals surface area contributed by atoms with Crippen LogP contribution in [0.5, 0.6) is 17.2 Å². The maximum absolute atomic E-state index is 9.46. The van der Waals surface area contributed by atoms with Crippen LogP contribution in [-0.4, -0.2) is 41.7 Å². The van der Waals surface area contributed by atoms with Crippen molar-refractivity contribution in [3.05, 3.63) is 18.2 Å². The van der Waals surface area contributed by atoms with Gasteiger partial charge >= 0.3 is 0 Å². The highest BCUT2D eigenvalue weighted by Crippen LogP contribution is 2.29. The van der Waals surface area contributed by atoms with Crippen LogP contribution in [0, 0.1) is 0 Å². The zero-order chi connectivity index (χ0) is 11.3. The Kier molecular flexibility index (Phi) is 4.20. The summed E-state index contributed by atoms with van der Waals surface area (Å²) in [7, 11) is 1.49. The van der Waals surface area contributed by atoms with Gasteiger partial charge in [0.2, 0.25) is 0 Å². The molecule has 0 aliphatic heterocycles.